The number of hydrogen-bond acceptors (Lipinski definition) is 7. The topological polar surface area (TPSA) is 55.4 Å². The molecule has 0 aromatic heterocycles. The number of hydrogen-bond donors (Lipinski definition) is 0. The second kappa shape index (κ2) is 19.1. The van der Waals surface area contributed by atoms with Crippen molar-refractivity contribution < 1.29 is 28.4 Å². The predicted octanol–water partition coefficient (Wildman–Crippen LogP) is 7.53. The summed E-state index contributed by atoms with van der Waals surface area (Å²) in [6.07, 6.45) is -1.79. The van der Waals surface area contributed by atoms with E-state index in [2.05, 4.69) is 48.5 Å². The van der Waals surface area contributed by atoms with Gasteiger partial charge in [-0.1, -0.05) is 121 Å². The molecule has 4 aromatic rings. The van der Waals surface area contributed by atoms with E-state index in [1.807, 2.05) is 72.8 Å². The summed E-state index contributed by atoms with van der Waals surface area (Å²) in [5, 5.41) is 0. The molecule has 0 unspecified atom stereocenters. The van der Waals surface area contributed by atoms with Crippen molar-refractivity contribution in [1.29, 1.82) is 0 Å². The highest BCUT2D eigenvalue weighted by molar-refractivity contribution is 7.99. The van der Waals surface area contributed by atoms with Gasteiger partial charge in [0.25, 0.3) is 0 Å². The minimum Gasteiger partial charge on any atom is -0.378 e. The lowest BCUT2D eigenvalue weighted by atomic mass is 9.99. The lowest BCUT2D eigenvalue weighted by molar-refractivity contribution is -0.253. The molecule has 1 aliphatic heterocycles. The highest BCUT2D eigenvalue weighted by Crippen LogP contribution is 2.38. The summed E-state index contributed by atoms with van der Waals surface area (Å²) in [7, 11) is 0. The van der Waals surface area contributed by atoms with Crippen LogP contribution in [0.15, 0.2) is 126 Å². The Bertz CT molecular complexity index is 1330. The molecule has 8 heteroatoms. The molecule has 6 nitrogen and oxygen atoms in total. The largest absolute Gasteiger partial charge is 0.378 e. The minimum atomic E-state index is -0.475. The number of rotatable bonds is 18. The number of alkyl halides is 1. The van der Waals surface area contributed by atoms with Crippen molar-refractivity contribution in [1.82, 2.24) is 0 Å². The fraction of sp³-hybridized carbons (Fsp3) is 0.351. The zero-order chi connectivity index (χ0) is 30.9. The zero-order valence-corrected chi connectivity index (χ0v) is 26.9. The molecular formula is C37H41ClO6S. The first kappa shape index (κ1) is 33.6. The molecule has 1 fully saturated rings. The van der Waals surface area contributed by atoms with Gasteiger partial charge in [-0.05, 0) is 28.8 Å². The molecule has 5 atom stereocenters. The van der Waals surface area contributed by atoms with E-state index < -0.39 is 24.4 Å². The standard InChI is InChI=1S/C37H41ClO6S/c38-21-22-39-23-24-41-34-33(28-40-25-29-13-5-1-6-14-29)44-37(45-32-19-11-4-12-20-32)36(43-27-31-17-9-3-10-18-31)35(34)42-26-30-15-7-2-8-16-30/h1-20,33-37H,21-28H2/t33-,34+,35+,36-,37+/m1/s1. The predicted molar refractivity (Wildman–Crippen MR) is 178 cm³/mol. The van der Waals surface area contributed by atoms with Crippen LogP contribution in [0.3, 0.4) is 0 Å². The van der Waals surface area contributed by atoms with E-state index in [0.29, 0.717) is 52.1 Å². The monoisotopic (exact) mass is 648 g/mol. The summed E-state index contributed by atoms with van der Waals surface area (Å²) >= 11 is 7.45. The molecule has 1 aliphatic rings. The Labute approximate surface area is 275 Å². The molecule has 0 N–H and O–H groups in total. The number of thioether (sulfide) groups is 1. The zero-order valence-electron chi connectivity index (χ0n) is 25.3. The molecule has 4 aromatic carbocycles. The second-order valence-corrected chi connectivity index (χ2v) is 12.2. The van der Waals surface area contributed by atoms with Crippen LogP contribution in [0.4, 0.5) is 0 Å². The molecule has 0 aliphatic carbocycles. The van der Waals surface area contributed by atoms with E-state index in [9.17, 15) is 0 Å². The van der Waals surface area contributed by atoms with Gasteiger partial charge in [0, 0.05) is 10.8 Å². The maximum Gasteiger partial charge on any atom is 0.137 e. The summed E-state index contributed by atoms with van der Waals surface area (Å²) in [5.41, 5.74) is 2.85. The van der Waals surface area contributed by atoms with Gasteiger partial charge in [-0.2, -0.15) is 0 Å². The molecule has 0 radical (unpaired) electrons. The summed E-state index contributed by atoms with van der Waals surface area (Å²) in [6, 6.07) is 40.7. The molecule has 0 spiro atoms. The van der Waals surface area contributed by atoms with Gasteiger partial charge in [-0.3, -0.25) is 0 Å². The first-order valence-electron chi connectivity index (χ1n) is 15.4. The Morgan fingerprint density at radius 1 is 0.533 bits per heavy atom. The van der Waals surface area contributed by atoms with Crippen LogP contribution in [0.5, 0.6) is 0 Å². The lowest BCUT2D eigenvalue weighted by Crippen LogP contribution is -2.60. The third-order valence-electron chi connectivity index (χ3n) is 7.31. The van der Waals surface area contributed by atoms with Crippen LogP contribution in [0.2, 0.25) is 0 Å². The van der Waals surface area contributed by atoms with Gasteiger partial charge < -0.3 is 28.4 Å². The van der Waals surface area contributed by atoms with Crippen molar-refractivity contribution in [2.45, 2.75) is 54.6 Å². The molecule has 45 heavy (non-hydrogen) atoms. The normalized spacial score (nSPS) is 21.5. The van der Waals surface area contributed by atoms with E-state index in [1.54, 1.807) is 11.8 Å². The highest BCUT2D eigenvalue weighted by Gasteiger charge is 2.48. The third kappa shape index (κ3) is 10.9. The first-order valence-corrected chi connectivity index (χ1v) is 16.8. The Morgan fingerprint density at radius 3 is 1.64 bits per heavy atom. The van der Waals surface area contributed by atoms with Gasteiger partial charge >= 0.3 is 0 Å². The molecule has 5 rings (SSSR count). The Morgan fingerprint density at radius 2 is 1.07 bits per heavy atom. The van der Waals surface area contributed by atoms with E-state index in [1.165, 1.54) is 0 Å². The van der Waals surface area contributed by atoms with Crippen molar-refractivity contribution in [3.8, 4) is 0 Å². The smallest absolute Gasteiger partial charge is 0.137 e. The van der Waals surface area contributed by atoms with Crippen molar-refractivity contribution in [3.63, 3.8) is 0 Å². The fourth-order valence-corrected chi connectivity index (χ4v) is 6.37. The molecule has 238 valence electrons. The Balaban J connectivity index is 1.42. The quantitative estimate of drug-likeness (QED) is 0.0817. The molecule has 0 saturated carbocycles. The number of benzene rings is 4. The van der Waals surface area contributed by atoms with Gasteiger partial charge in [-0.25, -0.2) is 0 Å². The molecule has 0 amide bonds. The molecule has 1 heterocycles. The van der Waals surface area contributed by atoms with Gasteiger partial charge in [0.2, 0.25) is 0 Å². The van der Waals surface area contributed by atoms with Crippen molar-refractivity contribution in [3.05, 3.63) is 138 Å². The van der Waals surface area contributed by atoms with Crippen molar-refractivity contribution >= 4 is 23.4 Å². The van der Waals surface area contributed by atoms with Gasteiger partial charge in [0.15, 0.2) is 0 Å². The van der Waals surface area contributed by atoms with Crippen LogP contribution < -0.4 is 0 Å². The highest BCUT2D eigenvalue weighted by atomic mass is 35.5. The summed E-state index contributed by atoms with van der Waals surface area (Å²) in [5.74, 6) is 0.430. The number of halogens is 1. The molecular weight excluding hydrogens is 608 g/mol. The minimum absolute atomic E-state index is 0.324. The van der Waals surface area contributed by atoms with Crippen LogP contribution in [-0.2, 0) is 48.2 Å². The van der Waals surface area contributed by atoms with E-state index in [-0.39, 0.29) is 5.44 Å². The maximum absolute atomic E-state index is 6.85. The van der Waals surface area contributed by atoms with Crippen LogP contribution >= 0.6 is 23.4 Å². The number of ether oxygens (including phenoxy) is 6. The molecule has 0 bridgehead atoms. The van der Waals surface area contributed by atoms with Gasteiger partial charge in [0.1, 0.15) is 29.9 Å². The SMILES string of the molecule is ClCCOCCO[C@@H]1[C@H](OCc2ccccc2)[C@@H](OCc2ccccc2)[C@H](Sc2ccccc2)O[C@@H]1COCc1ccccc1. The Kier molecular flexibility index (Phi) is 14.2. The summed E-state index contributed by atoms with van der Waals surface area (Å²) in [4.78, 5) is 1.08. The maximum atomic E-state index is 6.85. The third-order valence-corrected chi connectivity index (χ3v) is 8.62. The van der Waals surface area contributed by atoms with Crippen LogP contribution in [-0.4, -0.2) is 62.2 Å². The average Bonchev–Trinajstić information content (AvgIpc) is 3.09. The summed E-state index contributed by atoms with van der Waals surface area (Å²) in [6.45, 7) is 2.82. The van der Waals surface area contributed by atoms with Crippen molar-refractivity contribution in [2.75, 3.05) is 32.3 Å². The lowest BCUT2D eigenvalue weighted by Gasteiger charge is -2.46. The van der Waals surface area contributed by atoms with Crippen LogP contribution in [0.1, 0.15) is 16.7 Å². The fourth-order valence-electron chi connectivity index (χ4n) is 5.11. The van der Waals surface area contributed by atoms with Crippen molar-refractivity contribution in [2.24, 2.45) is 0 Å². The second-order valence-electron chi connectivity index (χ2n) is 10.6. The van der Waals surface area contributed by atoms with E-state index >= 15 is 0 Å². The molecule has 1 saturated heterocycles. The van der Waals surface area contributed by atoms with E-state index in [0.717, 1.165) is 21.6 Å². The summed E-state index contributed by atoms with van der Waals surface area (Å²) < 4.78 is 38.8. The van der Waals surface area contributed by atoms with E-state index in [4.69, 9.17) is 40.0 Å². The average molecular weight is 649 g/mol. The van der Waals surface area contributed by atoms with Crippen LogP contribution in [0, 0.1) is 0 Å². The van der Waals surface area contributed by atoms with Gasteiger partial charge in [-0.15, -0.1) is 11.6 Å². The first-order chi connectivity index (χ1) is 22.3. The van der Waals surface area contributed by atoms with Crippen LogP contribution in [0.25, 0.3) is 0 Å². The Hall–Kier alpha value is -2.72. The van der Waals surface area contributed by atoms with Gasteiger partial charge in [0.05, 0.1) is 46.2 Å².